The summed E-state index contributed by atoms with van der Waals surface area (Å²) in [5, 5.41) is 0. The van der Waals surface area contributed by atoms with Crippen molar-refractivity contribution in [1.29, 1.82) is 0 Å². The van der Waals surface area contributed by atoms with E-state index in [9.17, 15) is 0 Å². The molecule has 0 bridgehead atoms. The van der Waals surface area contributed by atoms with Crippen molar-refractivity contribution in [1.82, 2.24) is 0 Å². The van der Waals surface area contributed by atoms with Gasteiger partial charge in [0.05, 0.1) is 13.2 Å². The second-order valence-corrected chi connectivity index (χ2v) is 6.72. The van der Waals surface area contributed by atoms with Crippen LogP contribution < -0.4 is 9.47 Å². The Bertz CT molecular complexity index is 469. The van der Waals surface area contributed by atoms with Crippen LogP contribution >= 0.6 is 0 Å². The van der Waals surface area contributed by atoms with Crippen LogP contribution in [0.25, 0.3) is 6.08 Å². The zero-order valence-electron chi connectivity index (χ0n) is 15.0. The van der Waals surface area contributed by atoms with Crippen molar-refractivity contribution in [2.24, 2.45) is 0 Å². The maximum absolute atomic E-state index is 6.14. The molecule has 0 radical (unpaired) electrons. The number of rotatable bonds is 9. The lowest BCUT2D eigenvalue weighted by molar-refractivity contribution is 0.256. The van der Waals surface area contributed by atoms with Gasteiger partial charge < -0.3 is 9.47 Å². The number of hydrogen-bond donors (Lipinski definition) is 0. The molecular formula is C20H32O2. The van der Waals surface area contributed by atoms with E-state index in [1.165, 1.54) is 5.56 Å². The smallest absolute Gasteiger partial charge is 0.168 e. The summed E-state index contributed by atoms with van der Waals surface area (Å²) in [6.07, 6.45) is 6.19. The average Bonchev–Trinajstić information content (AvgIpc) is 2.47. The number of benzene rings is 1. The molecule has 0 saturated heterocycles. The van der Waals surface area contributed by atoms with Crippen LogP contribution in [0, 0.1) is 0 Å². The van der Waals surface area contributed by atoms with Gasteiger partial charge in [0.2, 0.25) is 0 Å². The third-order valence-electron chi connectivity index (χ3n) is 3.66. The van der Waals surface area contributed by atoms with E-state index in [1.807, 2.05) is 6.08 Å². The molecule has 0 amide bonds. The van der Waals surface area contributed by atoms with Gasteiger partial charge in [-0.25, -0.2) is 0 Å². The first kappa shape index (κ1) is 18.6. The van der Waals surface area contributed by atoms with Gasteiger partial charge in [0.25, 0.3) is 0 Å². The first-order valence-corrected chi connectivity index (χ1v) is 8.51. The second kappa shape index (κ2) is 8.87. The molecule has 0 aliphatic rings. The van der Waals surface area contributed by atoms with Gasteiger partial charge in [0.15, 0.2) is 11.5 Å². The molecule has 1 rings (SSSR count). The molecule has 1 aromatic carbocycles. The third-order valence-corrected chi connectivity index (χ3v) is 3.66. The number of hydrogen-bond acceptors (Lipinski definition) is 2. The fourth-order valence-corrected chi connectivity index (χ4v) is 2.26. The molecular weight excluding hydrogens is 272 g/mol. The summed E-state index contributed by atoms with van der Waals surface area (Å²) in [4.78, 5) is 0. The molecule has 0 unspecified atom stereocenters. The lowest BCUT2D eigenvalue weighted by atomic mass is 9.85. The normalized spacial score (nSPS) is 11.3. The standard InChI is InChI=1S/C20H32O2/c1-7-10-14-21-18-16(9-3)12-13-17(20(4,5)6)19(18)22-15-11-8-2/h9,12-13H,3,7-8,10-11,14-15H2,1-2,4-6H3. The Morgan fingerprint density at radius 2 is 1.50 bits per heavy atom. The van der Waals surface area contributed by atoms with Gasteiger partial charge in [0.1, 0.15) is 0 Å². The van der Waals surface area contributed by atoms with E-state index in [0.717, 1.165) is 56.0 Å². The van der Waals surface area contributed by atoms with E-state index >= 15 is 0 Å². The predicted octanol–water partition coefficient (Wildman–Crippen LogP) is 5.98. The molecule has 124 valence electrons. The molecule has 0 N–H and O–H groups in total. The highest BCUT2D eigenvalue weighted by Gasteiger charge is 2.24. The van der Waals surface area contributed by atoms with E-state index < -0.39 is 0 Å². The summed E-state index contributed by atoms with van der Waals surface area (Å²) >= 11 is 0. The minimum atomic E-state index is 0.0180. The molecule has 0 aliphatic carbocycles. The summed E-state index contributed by atoms with van der Waals surface area (Å²) in [5.74, 6) is 1.75. The molecule has 0 aromatic heterocycles. The average molecular weight is 304 g/mol. The van der Waals surface area contributed by atoms with E-state index in [1.54, 1.807) is 0 Å². The van der Waals surface area contributed by atoms with Crippen molar-refractivity contribution in [2.75, 3.05) is 13.2 Å². The summed E-state index contributed by atoms with van der Waals surface area (Å²) < 4.78 is 12.2. The quantitative estimate of drug-likeness (QED) is 0.522. The highest BCUT2D eigenvalue weighted by Crippen LogP contribution is 2.41. The number of unbranched alkanes of at least 4 members (excludes halogenated alkanes) is 2. The maximum Gasteiger partial charge on any atom is 0.168 e. The molecule has 0 saturated carbocycles. The van der Waals surface area contributed by atoms with Gasteiger partial charge in [-0.2, -0.15) is 0 Å². The molecule has 0 spiro atoms. The molecule has 2 nitrogen and oxygen atoms in total. The van der Waals surface area contributed by atoms with E-state index in [2.05, 4.69) is 53.3 Å². The van der Waals surface area contributed by atoms with Crippen molar-refractivity contribution in [2.45, 2.75) is 65.7 Å². The minimum Gasteiger partial charge on any atom is -0.489 e. The van der Waals surface area contributed by atoms with Gasteiger partial charge in [-0.15, -0.1) is 0 Å². The highest BCUT2D eigenvalue weighted by atomic mass is 16.5. The van der Waals surface area contributed by atoms with E-state index in [0.29, 0.717) is 0 Å². The fourth-order valence-electron chi connectivity index (χ4n) is 2.26. The van der Waals surface area contributed by atoms with Crippen LogP contribution in [0.1, 0.15) is 71.4 Å². The first-order chi connectivity index (χ1) is 10.5. The Balaban J connectivity index is 3.22. The van der Waals surface area contributed by atoms with Crippen molar-refractivity contribution in [3.05, 3.63) is 29.8 Å². The van der Waals surface area contributed by atoms with Crippen molar-refractivity contribution in [3.8, 4) is 11.5 Å². The van der Waals surface area contributed by atoms with Crippen LogP contribution in [0.5, 0.6) is 11.5 Å². The van der Waals surface area contributed by atoms with Gasteiger partial charge in [-0.3, -0.25) is 0 Å². The van der Waals surface area contributed by atoms with Crippen LogP contribution in [0.4, 0.5) is 0 Å². The minimum absolute atomic E-state index is 0.0180. The summed E-state index contributed by atoms with van der Waals surface area (Å²) in [5.41, 5.74) is 2.22. The Morgan fingerprint density at radius 1 is 0.955 bits per heavy atom. The second-order valence-electron chi connectivity index (χ2n) is 6.72. The predicted molar refractivity (Wildman–Crippen MR) is 96.0 cm³/mol. The van der Waals surface area contributed by atoms with Gasteiger partial charge in [-0.1, -0.05) is 72.2 Å². The van der Waals surface area contributed by atoms with Crippen LogP contribution in [-0.4, -0.2) is 13.2 Å². The molecule has 0 heterocycles. The molecule has 2 heteroatoms. The Morgan fingerprint density at radius 3 is 1.95 bits per heavy atom. The Labute approximate surface area is 136 Å². The van der Waals surface area contributed by atoms with E-state index in [4.69, 9.17) is 9.47 Å². The van der Waals surface area contributed by atoms with Gasteiger partial charge in [0, 0.05) is 11.1 Å². The lowest BCUT2D eigenvalue weighted by Crippen LogP contribution is -2.15. The molecule has 0 fully saturated rings. The zero-order chi connectivity index (χ0) is 16.6. The zero-order valence-corrected chi connectivity index (χ0v) is 15.0. The highest BCUT2D eigenvalue weighted by molar-refractivity contribution is 5.64. The maximum atomic E-state index is 6.14. The lowest BCUT2D eigenvalue weighted by Gasteiger charge is -2.26. The Kier molecular flexibility index (Phi) is 7.50. The van der Waals surface area contributed by atoms with Crippen molar-refractivity contribution < 1.29 is 9.47 Å². The number of ether oxygens (including phenoxy) is 2. The fraction of sp³-hybridized carbons (Fsp3) is 0.600. The van der Waals surface area contributed by atoms with Gasteiger partial charge >= 0.3 is 0 Å². The molecule has 1 aromatic rings. The summed E-state index contributed by atoms with van der Waals surface area (Å²) in [7, 11) is 0. The van der Waals surface area contributed by atoms with Crippen molar-refractivity contribution >= 4 is 6.08 Å². The SMILES string of the molecule is C=Cc1ccc(C(C)(C)C)c(OCCCC)c1OCCCC. The van der Waals surface area contributed by atoms with Crippen molar-refractivity contribution in [3.63, 3.8) is 0 Å². The van der Waals surface area contributed by atoms with Crippen LogP contribution in [-0.2, 0) is 5.41 Å². The van der Waals surface area contributed by atoms with Gasteiger partial charge in [-0.05, 0) is 18.3 Å². The van der Waals surface area contributed by atoms with Crippen LogP contribution in [0.3, 0.4) is 0 Å². The van der Waals surface area contributed by atoms with Crippen LogP contribution in [0.2, 0.25) is 0 Å². The molecule has 22 heavy (non-hydrogen) atoms. The summed E-state index contributed by atoms with van der Waals surface area (Å²) in [6.45, 7) is 16.3. The monoisotopic (exact) mass is 304 g/mol. The van der Waals surface area contributed by atoms with Crippen LogP contribution in [0.15, 0.2) is 18.7 Å². The summed E-state index contributed by atoms with van der Waals surface area (Å²) in [6, 6.07) is 4.23. The largest absolute Gasteiger partial charge is 0.489 e. The molecule has 0 aliphatic heterocycles. The Hall–Kier alpha value is -1.44. The third kappa shape index (κ3) is 5.08. The topological polar surface area (TPSA) is 18.5 Å². The first-order valence-electron chi connectivity index (χ1n) is 8.51. The molecule has 0 atom stereocenters. The van der Waals surface area contributed by atoms with E-state index in [-0.39, 0.29) is 5.41 Å².